The Morgan fingerprint density at radius 2 is 2.33 bits per heavy atom. The van der Waals surface area contributed by atoms with Crippen molar-refractivity contribution in [2.45, 2.75) is 5.25 Å². The molecule has 1 aromatic rings. The molecule has 1 amide bonds. The lowest BCUT2D eigenvalue weighted by molar-refractivity contribution is 0.0943. The second-order valence-corrected chi connectivity index (χ2v) is 6.62. The molecule has 0 unspecified atom stereocenters. The van der Waals surface area contributed by atoms with Gasteiger partial charge in [-0.2, -0.15) is 0 Å². The number of halogens is 2. The van der Waals surface area contributed by atoms with Crippen molar-refractivity contribution in [2.24, 2.45) is 4.99 Å². The van der Waals surface area contributed by atoms with Crippen molar-refractivity contribution in [2.75, 3.05) is 11.0 Å². The van der Waals surface area contributed by atoms with Crippen LogP contribution >= 0.6 is 50.3 Å². The van der Waals surface area contributed by atoms with E-state index in [4.69, 9.17) is 0 Å². The van der Waals surface area contributed by atoms with Crippen molar-refractivity contribution in [3.8, 4) is 0 Å². The molecule has 0 fully saturated rings. The Labute approximate surface area is 132 Å². The minimum absolute atomic E-state index is 0.177. The molecule has 18 heavy (non-hydrogen) atoms. The van der Waals surface area contributed by atoms with E-state index in [2.05, 4.69) is 54.4 Å². The predicted molar refractivity (Wildman–Crippen MR) is 87.3 cm³/mol. The fraction of sp³-hybridized carbons (Fsp3) is 0.273. The Bertz CT molecular complexity index is 483. The van der Waals surface area contributed by atoms with Gasteiger partial charge in [0, 0.05) is 14.2 Å². The summed E-state index contributed by atoms with van der Waals surface area (Å²) in [6.07, 6.45) is 0. The van der Waals surface area contributed by atoms with E-state index in [9.17, 15) is 4.79 Å². The van der Waals surface area contributed by atoms with Gasteiger partial charge in [0.25, 0.3) is 5.91 Å². The molecule has 0 saturated heterocycles. The van der Waals surface area contributed by atoms with Gasteiger partial charge in [-0.3, -0.25) is 20.6 Å². The van der Waals surface area contributed by atoms with Crippen LogP contribution in [0.4, 0.5) is 0 Å². The molecule has 1 aliphatic heterocycles. The maximum atomic E-state index is 11.9. The number of nitrogens with zero attached hydrogens (tertiary/aromatic N) is 1. The highest BCUT2D eigenvalue weighted by atomic mass is 127. The number of hydrogen-bond donors (Lipinski definition) is 2. The predicted octanol–water partition coefficient (Wildman–Crippen LogP) is 2.59. The van der Waals surface area contributed by atoms with Crippen LogP contribution in [-0.2, 0) is 0 Å². The fourth-order valence-electron chi connectivity index (χ4n) is 1.39. The van der Waals surface area contributed by atoms with Gasteiger partial charge in [0.15, 0.2) is 5.17 Å². The maximum Gasteiger partial charge on any atom is 0.270 e. The summed E-state index contributed by atoms with van der Waals surface area (Å²) in [5.74, 6) is -0.177. The Kier molecular flexibility index (Phi) is 5.31. The first-order chi connectivity index (χ1) is 8.70. The Morgan fingerprint density at radius 1 is 1.56 bits per heavy atom. The number of hydrazine groups is 1. The number of nitrogens with one attached hydrogen (secondary N) is 2. The van der Waals surface area contributed by atoms with Crippen molar-refractivity contribution in [3.05, 3.63) is 34.3 Å². The fourth-order valence-corrected chi connectivity index (χ4v) is 3.46. The molecule has 1 atom stereocenters. The van der Waals surface area contributed by atoms with Gasteiger partial charge in [0.2, 0.25) is 0 Å². The minimum Gasteiger partial charge on any atom is -0.276 e. The van der Waals surface area contributed by atoms with Crippen LogP contribution in [0.25, 0.3) is 0 Å². The number of hydrogen-bond acceptors (Lipinski definition) is 4. The van der Waals surface area contributed by atoms with E-state index < -0.39 is 0 Å². The van der Waals surface area contributed by atoms with E-state index >= 15 is 0 Å². The lowest BCUT2D eigenvalue weighted by Gasteiger charge is -2.09. The third-order valence-corrected chi connectivity index (χ3v) is 5.75. The van der Waals surface area contributed by atoms with Gasteiger partial charge < -0.3 is 0 Å². The van der Waals surface area contributed by atoms with E-state index in [1.165, 1.54) is 0 Å². The van der Waals surface area contributed by atoms with E-state index in [1.807, 2.05) is 18.2 Å². The quantitative estimate of drug-likeness (QED) is 0.423. The second-order valence-electron chi connectivity index (χ2n) is 3.60. The monoisotopic (exact) mass is 439 g/mol. The summed E-state index contributed by atoms with van der Waals surface area (Å²) in [6.45, 7) is 0.806. The summed E-state index contributed by atoms with van der Waals surface area (Å²) < 4.78 is 1.82. The number of carbonyl (C=O) groups excluding carboxylic acids is 1. The van der Waals surface area contributed by atoms with Gasteiger partial charge in [-0.25, -0.2) is 0 Å². The first-order valence-electron chi connectivity index (χ1n) is 5.28. The number of aliphatic imine (C=N–C) groups is 1. The molecule has 0 spiro atoms. The summed E-state index contributed by atoms with van der Waals surface area (Å²) in [5.41, 5.74) is 6.11. The zero-order valence-electron chi connectivity index (χ0n) is 9.32. The van der Waals surface area contributed by atoms with Crippen molar-refractivity contribution in [1.82, 2.24) is 10.9 Å². The lowest BCUT2D eigenvalue weighted by Crippen LogP contribution is -2.40. The third-order valence-electron chi connectivity index (χ3n) is 2.29. The molecule has 2 rings (SSSR count). The van der Waals surface area contributed by atoms with Crippen molar-refractivity contribution >= 4 is 61.4 Å². The van der Waals surface area contributed by atoms with Crippen LogP contribution in [0.15, 0.2) is 33.7 Å². The molecule has 96 valence electrons. The van der Waals surface area contributed by atoms with E-state index in [0.29, 0.717) is 10.8 Å². The van der Waals surface area contributed by atoms with Crippen LogP contribution in [0.3, 0.4) is 0 Å². The summed E-state index contributed by atoms with van der Waals surface area (Å²) in [7, 11) is 0. The van der Waals surface area contributed by atoms with Gasteiger partial charge in [-0.05, 0) is 28.1 Å². The molecular formula is C11H11BrIN3OS. The highest BCUT2D eigenvalue weighted by molar-refractivity contribution is 14.1. The molecule has 0 aliphatic carbocycles. The standard InChI is InChI=1S/C11H11BrIN3OS/c12-9-4-2-1-3-8(9)10(17)15-16-11-14-6-7(5-13)18-11/h1-4,7H,5-6H2,(H,14,16)(H,15,17)/t7-/m0/s1. The van der Waals surface area contributed by atoms with Crippen molar-refractivity contribution < 1.29 is 4.79 Å². The van der Waals surface area contributed by atoms with Gasteiger partial charge in [-0.1, -0.05) is 46.5 Å². The van der Waals surface area contributed by atoms with Crippen molar-refractivity contribution in [1.29, 1.82) is 0 Å². The number of amides is 1. The summed E-state index contributed by atoms with van der Waals surface area (Å²) in [5, 5.41) is 1.28. The SMILES string of the molecule is O=C(NNC1=NC[C@H](CI)S1)c1ccccc1Br. The van der Waals surface area contributed by atoms with Gasteiger partial charge in [0.1, 0.15) is 0 Å². The molecule has 0 aromatic heterocycles. The first kappa shape index (κ1) is 14.1. The number of alkyl halides is 1. The van der Waals surface area contributed by atoms with Crippen LogP contribution in [-0.4, -0.2) is 27.3 Å². The first-order valence-corrected chi connectivity index (χ1v) is 8.48. The smallest absolute Gasteiger partial charge is 0.270 e. The molecule has 4 nitrogen and oxygen atoms in total. The Morgan fingerprint density at radius 3 is 3.00 bits per heavy atom. The number of carbonyl (C=O) groups is 1. The maximum absolute atomic E-state index is 11.9. The average molecular weight is 440 g/mol. The minimum atomic E-state index is -0.177. The van der Waals surface area contributed by atoms with Crippen LogP contribution in [0.2, 0.25) is 0 Å². The summed E-state index contributed by atoms with van der Waals surface area (Å²) in [4.78, 5) is 16.2. The van der Waals surface area contributed by atoms with Gasteiger partial charge in [-0.15, -0.1) is 0 Å². The summed E-state index contributed by atoms with van der Waals surface area (Å²) in [6, 6.07) is 7.30. The van der Waals surface area contributed by atoms with Crippen LogP contribution in [0.5, 0.6) is 0 Å². The molecule has 2 N–H and O–H groups in total. The lowest BCUT2D eigenvalue weighted by atomic mass is 10.2. The molecule has 1 heterocycles. The molecule has 1 aliphatic rings. The number of rotatable bonds is 2. The van der Waals surface area contributed by atoms with Crippen LogP contribution in [0.1, 0.15) is 10.4 Å². The number of thioether (sulfide) groups is 1. The van der Waals surface area contributed by atoms with Crippen LogP contribution in [0, 0.1) is 0 Å². The zero-order valence-corrected chi connectivity index (χ0v) is 13.9. The molecule has 0 radical (unpaired) electrons. The van der Waals surface area contributed by atoms with Gasteiger partial charge in [0.05, 0.1) is 12.1 Å². The summed E-state index contributed by atoms with van der Waals surface area (Å²) >= 11 is 7.34. The highest BCUT2D eigenvalue weighted by Crippen LogP contribution is 2.21. The molecular weight excluding hydrogens is 429 g/mol. The Hall–Kier alpha value is -0.280. The van der Waals surface area contributed by atoms with E-state index in [1.54, 1.807) is 17.8 Å². The largest absolute Gasteiger partial charge is 0.276 e. The molecule has 7 heteroatoms. The molecule has 1 aromatic carbocycles. The Balaban J connectivity index is 1.88. The van der Waals surface area contributed by atoms with Crippen molar-refractivity contribution in [3.63, 3.8) is 0 Å². The second kappa shape index (κ2) is 6.76. The van der Waals surface area contributed by atoms with Gasteiger partial charge >= 0.3 is 0 Å². The molecule has 0 saturated carbocycles. The third kappa shape index (κ3) is 3.61. The van der Waals surface area contributed by atoms with Crippen LogP contribution < -0.4 is 10.9 Å². The van der Waals surface area contributed by atoms with E-state index in [0.717, 1.165) is 20.6 Å². The normalized spacial score (nSPS) is 18.3. The molecule has 0 bridgehead atoms. The zero-order chi connectivity index (χ0) is 13.0. The average Bonchev–Trinajstić information content (AvgIpc) is 2.84. The number of amidine groups is 1. The highest BCUT2D eigenvalue weighted by Gasteiger charge is 2.19. The van der Waals surface area contributed by atoms with E-state index in [-0.39, 0.29) is 5.91 Å². The number of benzene rings is 1. The topological polar surface area (TPSA) is 53.5 Å².